The highest BCUT2D eigenvalue weighted by Crippen LogP contribution is 2.25. The van der Waals surface area contributed by atoms with Crippen LogP contribution in [0.2, 0.25) is 4.34 Å². The van der Waals surface area contributed by atoms with Crippen LogP contribution in [0.15, 0.2) is 30.3 Å². The van der Waals surface area contributed by atoms with Gasteiger partial charge in [0.25, 0.3) is 0 Å². The molecular weight excluding hydrogens is 275 g/mol. The van der Waals surface area contributed by atoms with E-state index in [-0.39, 0.29) is 12.4 Å². The molecule has 5 heteroatoms. The lowest BCUT2D eigenvalue weighted by Gasteiger charge is -2.09. The highest BCUT2D eigenvalue weighted by atomic mass is 35.5. The van der Waals surface area contributed by atoms with E-state index in [0.29, 0.717) is 9.90 Å². The maximum Gasteiger partial charge on any atom is 0.165 e. The summed E-state index contributed by atoms with van der Waals surface area (Å²) in [6, 6.07) is 8.06. The molecule has 96 valence electrons. The van der Waals surface area contributed by atoms with E-state index in [9.17, 15) is 9.50 Å². The van der Waals surface area contributed by atoms with Crippen molar-refractivity contribution in [2.75, 3.05) is 0 Å². The predicted octanol–water partition coefficient (Wildman–Crippen LogP) is 4.17. The van der Waals surface area contributed by atoms with Gasteiger partial charge in [0, 0.05) is 4.88 Å². The van der Waals surface area contributed by atoms with Crippen LogP contribution >= 0.6 is 22.9 Å². The molecule has 2 rings (SSSR count). The number of thiophene rings is 1. The largest absolute Gasteiger partial charge is 0.485 e. The SMILES string of the molecule is C[C@@H](O)c1ccc(OCc2ccc(Cl)s2)c(F)c1. The highest BCUT2D eigenvalue weighted by molar-refractivity contribution is 7.16. The van der Waals surface area contributed by atoms with Crippen molar-refractivity contribution in [3.8, 4) is 5.75 Å². The van der Waals surface area contributed by atoms with Crippen LogP contribution in [-0.4, -0.2) is 5.11 Å². The second kappa shape index (κ2) is 5.69. The minimum atomic E-state index is -0.690. The molecule has 1 atom stereocenters. The van der Waals surface area contributed by atoms with Crippen molar-refractivity contribution in [1.29, 1.82) is 0 Å². The van der Waals surface area contributed by atoms with Crippen LogP contribution in [0, 0.1) is 5.82 Å². The third-order valence-corrected chi connectivity index (χ3v) is 3.64. The van der Waals surface area contributed by atoms with Crippen LogP contribution in [0.5, 0.6) is 5.75 Å². The van der Waals surface area contributed by atoms with Gasteiger partial charge in [0.05, 0.1) is 10.4 Å². The number of hydrogen-bond donors (Lipinski definition) is 1. The van der Waals surface area contributed by atoms with Gasteiger partial charge in [0.2, 0.25) is 0 Å². The Hall–Kier alpha value is -1.10. The fraction of sp³-hybridized carbons (Fsp3) is 0.231. The minimum Gasteiger partial charge on any atom is -0.485 e. The van der Waals surface area contributed by atoms with Crippen molar-refractivity contribution in [2.24, 2.45) is 0 Å². The van der Waals surface area contributed by atoms with Crippen LogP contribution in [0.25, 0.3) is 0 Å². The van der Waals surface area contributed by atoms with E-state index in [1.54, 1.807) is 19.1 Å². The molecule has 1 heterocycles. The highest BCUT2D eigenvalue weighted by Gasteiger charge is 2.08. The van der Waals surface area contributed by atoms with Gasteiger partial charge < -0.3 is 9.84 Å². The Morgan fingerprint density at radius 1 is 1.39 bits per heavy atom. The summed E-state index contributed by atoms with van der Waals surface area (Å²) in [5.41, 5.74) is 0.527. The zero-order valence-electron chi connectivity index (χ0n) is 9.69. The second-order valence-corrected chi connectivity index (χ2v) is 5.66. The number of aliphatic hydroxyl groups is 1. The molecule has 0 fully saturated rings. The normalized spacial score (nSPS) is 12.4. The van der Waals surface area contributed by atoms with Crippen LogP contribution in [-0.2, 0) is 6.61 Å². The first-order chi connectivity index (χ1) is 8.56. The fourth-order valence-electron chi connectivity index (χ4n) is 1.47. The summed E-state index contributed by atoms with van der Waals surface area (Å²) in [5, 5.41) is 9.33. The van der Waals surface area contributed by atoms with Crippen molar-refractivity contribution < 1.29 is 14.2 Å². The monoisotopic (exact) mass is 286 g/mol. The minimum absolute atomic E-state index is 0.170. The van der Waals surface area contributed by atoms with E-state index in [4.69, 9.17) is 16.3 Å². The van der Waals surface area contributed by atoms with Gasteiger partial charge in [0.15, 0.2) is 11.6 Å². The molecule has 0 radical (unpaired) electrons. The van der Waals surface area contributed by atoms with Gasteiger partial charge >= 0.3 is 0 Å². The van der Waals surface area contributed by atoms with Gasteiger partial charge in [-0.3, -0.25) is 0 Å². The van der Waals surface area contributed by atoms with E-state index >= 15 is 0 Å². The molecule has 2 nitrogen and oxygen atoms in total. The Balaban J connectivity index is 2.05. The maximum atomic E-state index is 13.7. The predicted molar refractivity (Wildman–Crippen MR) is 70.7 cm³/mol. The third kappa shape index (κ3) is 3.22. The van der Waals surface area contributed by atoms with Gasteiger partial charge in [0.1, 0.15) is 6.61 Å². The second-order valence-electron chi connectivity index (χ2n) is 3.86. The van der Waals surface area contributed by atoms with E-state index in [1.165, 1.54) is 23.5 Å². The average molecular weight is 287 g/mol. The molecule has 1 N–H and O–H groups in total. The molecule has 18 heavy (non-hydrogen) atoms. The van der Waals surface area contributed by atoms with Gasteiger partial charge in [-0.25, -0.2) is 4.39 Å². The topological polar surface area (TPSA) is 29.5 Å². The average Bonchev–Trinajstić information content (AvgIpc) is 2.73. The van der Waals surface area contributed by atoms with Crippen LogP contribution in [0.1, 0.15) is 23.5 Å². The zero-order valence-corrected chi connectivity index (χ0v) is 11.3. The van der Waals surface area contributed by atoms with E-state index in [2.05, 4.69) is 0 Å². The molecule has 0 spiro atoms. The molecule has 0 bridgehead atoms. The Bertz CT molecular complexity index is 540. The van der Waals surface area contributed by atoms with Crippen molar-refractivity contribution in [2.45, 2.75) is 19.6 Å². The van der Waals surface area contributed by atoms with E-state index in [0.717, 1.165) is 4.88 Å². The van der Waals surface area contributed by atoms with Crippen LogP contribution in [0.4, 0.5) is 4.39 Å². The molecule has 1 aromatic heterocycles. The summed E-state index contributed by atoms with van der Waals surface area (Å²) in [7, 11) is 0. The van der Waals surface area contributed by atoms with E-state index in [1.807, 2.05) is 6.07 Å². The summed E-state index contributed by atoms with van der Waals surface area (Å²) >= 11 is 7.19. The van der Waals surface area contributed by atoms with Crippen LogP contribution < -0.4 is 4.74 Å². The Labute approximate surface area is 114 Å². The molecule has 2 aromatic rings. The molecule has 0 unspecified atom stereocenters. The third-order valence-electron chi connectivity index (χ3n) is 2.44. The van der Waals surface area contributed by atoms with Crippen molar-refractivity contribution in [1.82, 2.24) is 0 Å². The Kier molecular flexibility index (Phi) is 4.22. The lowest BCUT2D eigenvalue weighted by atomic mass is 10.1. The lowest BCUT2D eigenvalue weighted by Crippen LogP contribution is -1.98. The summed E-state index contributed by atoms with van der Waals surface area (Å²) in [6.07, 6.45) is -0.690. The summed E-state index contributed by atoms with van der Waals surface area (Å²) in [6.45, 7) is 1.87. The molecule has 0 amide bonds. The van der Waals surface area contributed by atoms with Gasteiger partial charge in [-0.15, -0.1) is 11.3 Å². The summed E-state index contributed by atoms with van der Waals surface area (Å²) in [4.78, 5) is 0.930. The number of ether oxygens (including phenoxy) is 1. The van der Waals surface area contributed by atoms with Crippen molar-refractivity contribution >= 4 is 22.9 Å². The first-order valence-corrected chi connectivity index (χ1v) is 6.60. The summed E-state index contributed by atoms with van der Waals surface area (Å²) < 4.78 is 19.7. The molecular formula is C13H12ClFO2S. The molecule has 0 aliphatic rings. The van der Waals surface area contributed by atoms with Gasteiger partial charge in [-0.1, -0.05) is 17.7 Å². The number of halogens is 2. The fourth-order valence-corrected chi connectivity index (χ4v) is 2.47. The molecule has 1 aromatic carbocycles. The number of benzene rings is 1. The number of aliphatic hydroxyl groups excluding tert-OH is 1. The van der Waals surface area contributed by atoms with Gasteiger partial charge in [-0.2, -0.15) is 0 Å². The molecule has 0 aliphatic carbocycles. The quantitative estimate of drug-likeness (QED) is 0.914. The Morgan fingerprint density at radius 3 is 2.72 bits per heavy atom. The molecule has 0 saturated carbocycles. The lowest BCUT2D eigenvalue weighted by molar-refractivity contribution is 0.198. The first kappa shape index (κ1) is 13.3. The standard InChI is InChI=1S/C13H12ClFO2S/c1-8(16)9-2-4-12(11(15)6-9)17-7-10-3-5-13(14)18-10/h2-6,8,16H,7H2,1H3/t8-/m1/s1. The Morgan fingerprint density at radius 2 is 2.17 bits per heavy atom. The van der Waals surface area contributed by atoms with Crippen LogP contribution in [0.3, 0.4) is 0 Å². The zero-order chi connectivity index (χ0) is 13.1. The van der Waals surface area contributed by atoms with Gasteiger partial charge in [-0.05, 0) is 36.8 Å². The number of hydrogen-bond acceptors (Lipinski definition) is 3. The smallest absolute Gasteiger partial charge is 0.165 e. The summed E-state index contributed by atoms with van der Waals surface area (Å²) in [5.74, 6) is -0.306. The first-order valence-electron chi connectivity index (χ1n) is 5.41. The van der Waals surface area contributed by atoms with Crippen molar-refractivity contribution in [3.63, 3.8) is 0 Å². The maximum absolute atomic E-state index is 13.7. The van der Waals surface area contributed by atoms with Crippen molar-refractivity contribution in [3.05, 3.63) is 50.9 Å². The molecule has 0 aliphatic heterocycles. The van der Waals surface area contributed by atoms with E-state index < -0.39 is 11.9 Å². The number of rotatable bonds is 4. The molecule has 0 saturated heterocycles.